The average Bonchev–Trinajstić information content (AvgIpc) is 2.75. The molecule has 1 N–H and O–H groups in total. The second-order valence-corrected chi connectivity index (χ2v) is 11.3. The van der Waals surface area contributed by atoms with Gasteiger partial charge in [0.15, 0.2) is 0 Å². The summed E-state index contributed by atoms with van der Waals surface area (Å²) in [7, 11) is -3.87. The fourth-order valence-electron chi connectivity index (χ4n) is 3.16. The molecule has 32 heavy (non-hydrogen) atoms. The minimum atomic E-state index is -3.87. The van der Waals surface area contributed by atoms with Crippen LogP contribution in [-0.4, -0.2) is 25.2 Å². The monoisotopic (exact) mass is 578 g/mol. The van der Waals surface area contributed by atoms with Crippen LogP contribution in [0.4, 0.5) is 0 Å². The van der Waals surface area contributed by atoms with Crippen LogP contribution in [0.15, 0.2) is 86.6 Å². The summed E-state index contributed by atoms with van der Waals surface area (Å²) in [5, 5.41) is 2.91. The van der Waals surface area contributed by atoms with Crippen molar-refractivity contribution in [1.29, 1.82) is 0 Å². The van der Waals surface area contributed by atoms with Crippen LogP contribution in [0.5, 0.6) is 0 Å². The van der Waals surface area contributed by atoms with Crippen LogP contribution in [-0.2, 0) is 21.4 Å². The maximum absolute atomic E-state index is 13.4. The first kappa shape index (κ1) is 24.6. The number of amides is 1. The van der Waals surface area contributed by atoms with Crippen molar-refractivity contribution in [2.45, 2.75) is 31.3 Å². The van der Waals surface area contributed by atoms with Crippen molar-refractivity contribution in [3.8, 4) is 0 Å². The van der Waals surface area contributed by atoms with Crippen molar-refractivity contribution in [3.05, 3.63) is 98.4 Å². The molecule has 0 saturated heterocycles. The molecule has 0 heterocycles. The molecule has 0 bridgehead atoms. The molecule has 0 fully saturated rings. The molecule has 3 aromatic rings. The van der Waals surface area contributed by atoms with Crippen LogP contribution < -0.4 is 5.32 Å². The molecule has 5 nitrogen and oxygen atoms in total. The zero-order valence-electron chi connectivity index (χ0n) is 17.8. The second-order valence-electron chi connectivity index (χ2n) is 7.55. The highest BCUT2D eigenvalue weighted by atomic mass is 79.9. The van der Waals surface area contributed by atoms with Crippen LogP contribution >= 0.6 is 31.9 Å². The molecular weight excluding hydrogens is 556 g/mol. The minimum Gasteiger partial charge on any atom is -0.348 e. The Balaban J connectivity index is 1.82. The summed E-state index contributed by atoms with van der Waals surface area (Å²) in [6.45, 7) is 3.57. The van der Waals surface area contributed by atoms with Gasteiger partial charge in [0.2, 0.25) is 15.9 Å². The van der Waals surface area contributed by atoms with E-state index in [1.807, 2.05) is 62.4 Å². The number of nitrogens with one attached hydrogen (secondary N) is 1. The Morgan fingerprint density at radius 3 is 2.00 bits per heavy atom. The number of rotatable bonds is 8. The third kappa shape index (κ3) is 6.51. The van der Waals surface area contributed by atoms with Crippen molar-refractivity contribution in [2.75, 3.05) is 6.54 Å². The van der Waals surface area contributed by atoms with Gasteiger partial charge in [0.05, 0.1) is 17.5 Å². The van der Waals surface area contributed by atoms with E-state index >= 15 is 0 Å². The standard InChI is InChI=1S/C24H24Br2N2O3S/c1-17-3-13-23(14-4-17)32(30,31)28(15-19-5-9-21(25)10-6-19)16-24(29)27-18(2)20-7-11-22(26)12-8-20/h3-14,18H,15-16H2,1-2H3,(H,27,29). The average molecular weight is 580 g/mol. The topological polar surface area (TPSA) is 66.5 Å². The summed E-state index contributed by atoms with van der Waals surface area (Å²) in [4.78, 5) is 13.0. The van der Waals surface area contributed by atoms with Gasteiger partial charge in [0, 0.05) is 15.5 Å². The zero-order valence-corrected chi connectivity index (χ0v) is 21.7. The highest BCUT2D eigenvalue weighted by molar-refractivity contribution is 9.10. The molecule has 0 spiro atoms. The van der Waals surface area contributed by atoms with E-state index in [1.54, 1.807) is 24.3 Å². The lowest BCUT2D eigenvalue weighted by molar-refractivity contribution is -0.122. The fourth-order valence-corrected chi connectivity index (χ4v) is 5.07. The van der Waals surface area contributed by atoms with E-state index in [-0.39, 0.29) is 29.9 Å². The molecule has 8 heteroatoms. The fraction of sp³-hybridized carbons (Fsp3) is 0.208. The van der Waals surface area contributed by atoms with Crippen LogP contribution in [0.3, 0.4) is 0 Å². The molecule has 1 amide bonds. The predicted molar refractivity (Wildman–Crippen MR) is 134 cm³/mol. The first-order valence-corrected chi connectivity index (χ1v) is 13.0. The summed E-state index contributed by atoms with van der Waals surface area (Å²) in [6, 6.07) is 21.4. The Bertz CT molecular complexity index is 1160. The van der Waals surface area contributed by atoms with Crippen molar-refractivity contribution in [3.63, 3.8) is 0 Å². The molecule has 0 radical (unpaired) electrons. The molecule has 0 aromatic heterocycles. The van der Waals surface area contributed by atoms with Gasteiger partial charge in [-0.2, -0.15) is 4.31 Å². The van der Waals surface area contributed by atoms with E-state index < -0.39 is 10.0 Å². The lowest BCUT2D eigenvalue weighted by Crippen LogP contribution is -2.41. The van der Waals surface area contributed by atoms with Crippen LogP contribution in [0, 0.1) is 6.92 Å². The molecule has 3 rings (SSSR count). The smallest absolute Gasteiger partial charge is 0.243 e. The molecular formula is C24H24Br2N2O3S. The molecule has 0 saturated carbocycles. The van der Waals surface area contributed by atoms with Gasteiger partial charge in [-0.3, -0.25) is 4.79 Å². The first-order chi connectivity index (χ1) is 15.1. The largest absolute Gasteiger partial charge is 0.348 e. The lowest BCUT2D eigenvalue weighted by atomic mass is 10.1. The molecule has 3 aromatic carbocycles. The summed E-state index contributed by atoms with van der Waals surface area (Å²) >= 11 is 6.79. The number of carbonyl (C=O) groups is 1. The highest BCUT2D eigenvalue weighted by Gasteiger charge is 2.27. The Morgan fingerprint density at radius 2 is 1.44 bits per heavy atom. The van der Waals surface area contributed by atoms with Crippen molar-refractivity contribution in [1.82, 2.24) is 9.62 Å². The SMILES string of the molecule is Cc1ccc(S(=O)(=O)N(CC(=O)NC(C)c2ccc(Br)cc2)Cc2ccc(Br)cc2)cc1. The number of hydrogen-bond donors (Lipinski definition) is 1. The van der Waals surface area contributed by atoms with E-state index in [9.17, 15) is 13.2 Å². The maximum atomic E-state index is 13.4. The van der Waals surface area contributed by atoms with E-state index in [0.717, 1.165) is 25.6 Å². The minimum absolute atomic E-state index is 0.0869. The molecule has 1 unspecified atom stereocenters. The molecule has 1 atom stereocenters. The van der Waals surface area contributed by atoms with Gasteiger partial charge in [-0.05, 0) is 61.4 Å². The Kier molecular flexibility index (Phi) is 8.27. The Labute approximate surface area is 206 Å². The van der Waals surface area contributed by atoms with Gasteiger partial charge in [0.1, 0.15) is 0 Å². The van der Waals surface area contributed by atoms with Gasteiger partial charge < -0.3 is 5.32 Å². The van der Waals surface area contributed by atoms with Gasteiger partial charge in [-0.15, -0.1) is 0 Å². The van der Waals surface area contributed by atoms with Crippen LogP contribution in [0.2, 0.25) is 0 Å². The van der Waals surface area contributed by atoms with Crippen LogP contribution in [0.25, 0.3) is 0 Å². The summed E-state index contributed by atoms with van der Waals surface area (Å²) in [5.41, 5.74) is 2.68. The van der Waals surface area contributed by atoms with Crippen molar-refractivity contribution in [2.24, 2.45) is 0 Å². The van der Waals surface area contributed by atoms with E-state index in [4.69, 9.17) is 0 Å². The highest BCUT2D eigenvalue weighted by Crippen LogP contribution is 2.21. The predicted octanol–water partition coefficient (Wildman–Crippen LogP) is 5.59. The summed E-state index contributed by atoms with van der Waals surface area (Å²) in [5.74, 6) is -0.367. The number of aryl methyl sites for hydroxylation is 1. The van der Waals surface area contributed by atoms with Gasteiger partial charge in [-0.25, -0.2) is 8.42 Å². The Hall–Kier alpha value is -2.00. The van der Waals surface area contributed by atoms with Crippen molar-refractivity contribution >= 4 is 47.8 Å². The Morgan fingerprint density at radius 1 is 0.906 bits per heavy atom. The number of halogens is 2. The lowest BCUT2D eigenvalue weighted by Gasteiger charge is -2.23. The third-order valence-electron chi connectivity index (χ3n) is 5.00. The number of benzene rings is 3. The molecule has 0 aliphatic heterocycles. The van der Waals surface area contributed by atoms with Gasteiger partial charge in [-0.1, -0.05) is 73.8 Å². The van der Waals surface area contributed by atoms with E-state index in [0.29, 0.717) is 0 Å². The van der Waals surface area contributed by atoms with Gasteiger partial charge in [0.25, 0.3) is 0 Å². The number of nitrogens with zero attached hydrogens (tertiary/aromatic N) is 1. The summed E-state index contributed by atoms with van der Waals surface area (Å²) in [6.07, 6.45) is 0. The van der Waals surface area contributed by atoms with E-state index in [2.05, 4.69) is 37.2 Å². The number of sulfonamides is 1. The summed E-state index contributed by atoms with van der Waals surface area (Å²) < 4.78 is 29.8. The van der Waals surface area contributed by atoms with Crippen molar-refractivity contribution < 1.29 is 13.2 Å². The zero-order chi connectivity index (χ0) is 23.3. The van der Waals surface area contributed by atoms with Crippen LogP contribution in [0.1, 0.15) is 29.7 Å². The molecule has 0 aliphatic carbocycles. The molecule has 0 aliphatic rings. The number of hydrogen-bond acceptors (Lipinski definition) is 3. The first-order valence-electron chi connectivity index (χ1n) is 10.0. The van der Waals surface area contributed by atoms with Gasteiger partial charge >= 0.3 is 0 Å². The second kappa shape index (κ2) is 10.7. The maximum Gasteiger partial charge on any atom is 0.243 e. The number of carbonyl (C=O) groups excluding carboxylic acids is 1. The van der Waals surface area contributed by atoms with E-state index in [1.165, 1.54) is 4.31 Å². The third-order valence-corrected chi connectivity index (χ3v) is 7.86. The molecule has 168 valence electrons. The normalized spacial score (nSPS) is 12.5. The quantitative estimate of drug-likeness (QED) is 0.378.